The maximum atomic E-state index is 13.0. The molecular formula is C53H86O12. The van der Waals surface area contributed by atoms with Gasteiger partial charge in [-0.1, -0.05) is 177 Å². The van der Waals surface area contributed by atoms with E-state index in [1.165, 1.54) is 44.9 Å². The zero-order valence-electron chi connectivity index (χ0n) is 40.2. The Morgan fingerprint density at radius 3 is 1.58 bits per heavy atom. The third-order valence-electron chi connectivity index (χ3n) is 10.8. The van der Waals surface area contributed by atoms with Crippen LogP contribution >= 0.6 is 0 Å². The highest BCUT2D eigenvalue weighted by Gasteiger charge is 2.50. The lowest BCUT2D eigenvalue weighted by molar-refractivity contribution is -0.301. The Kier molecular flexibility index (Phi) is 37.9. The lowest BCUT2D eigenvalue weighted by atomic mass is 9.98. The summed E-state index contributed by atoms with van der Waals surface area (Å²) in [6.45, 7) is 5.67. The van der Waals surface area contributed by atoms with E-state index in [1.807, 2.05) is 12.2 Å². The fraction of sp³-hybridized carbons (Fsp3) is 0.698. The number of hydrogen-bond acceptors (Lipinski definition) is 11. The van der Waals surface area contributed by atoms with Crippen LogP contribution in [0, 0.1) is 0 Å². The number of aliphatic carboxylic acids is 1. The number of carbonyl (C=O) groups excluding carboxylic acids is 3. The molecule has 3 N–H and O–H groups in total. The van der Waals surface area contributed by atoms with E-state index in [0.717, 1.165) is 83.5 Å². The minimum absolute atomic E-state index is 0.0158. The Balaban J connectivity index is 2.80. The molecule has 0 radical (unpaired) electrons. The lowest BCUT2D eigenvalue weighted by Gasteiger charge is -2.40. The van der Waals surface area contributed by atoms with Gasteiger partial charge in [0.2, 0.25) is 0 Å². The number of carbonyl (C=O) groups is 4. The van der Waals surface area contributed by atoms with Crippen LogP contribution in [0.5, 0.6) is 0 Å². The Labute approximate surface area is 391 Å². The maximum Gasteiger partial charge on any atom is 0.335 e. The average molecular weight is 915 g/mol. The lowest BCUT2D eigenvalue weighted by Crippen LogP contribution is -2.61. The zero-order valence-corrected chi connectivity index (χ0v) is 40.2. The van der Waals surface area contributed by atoms with Crippen molar-refractivity contribution in [3.05, 3.63) is 72.9 Å². The molecule has 0 aromatic rings. The largest absolute Gasteiger partial charge is 0.479 e. The average Bonchev–Trinajstić information content (AvgIpc) is 3.29. The van der Waals surface area contributed by atoms with Crippen LogP contribution in [0.25, 0.3) is 0 Å². The minimum Gasteiger partial charge on any atom is -0.479 e. The molecule has 6 atom stereocenters. The fourth-order valence-electron chi connectivity index (χ4n) is 6.95. The first kappa shape index (κ1) is 59.2. The zero-order chi connectivity index (χ0) is 47.6. The van der Waals surface area contributed by atoms with Crippen molar-refractivity contribution in [2.75, 3.05) is 13.2 Å². The van der Waals surface area contributed by atoms with Gasteiger partial charge >= 0.3 is 23.9 Å². The first-order valence-electron chi connectivity index (χ1n) is 24.9. The molecule has 6 unspecified atom stereocenters. The Morgan fingerprint density at radius 1 is 0.538 bits per heavy atom. The molecule has 1 rings (SSSR count). The van der Waals surface area contributed by atoms with E-state index in [9.17, 15) is 34.5 Å². The van der Waals surface area contributed by atoms with Crippen molar-refractivity contribution in [3.63, 3.8) is 0 Å². The summed E-state index contributed by atoms with van der Waals surface area (Å²) in [7, 11) is 0. The van der Waals surface area contributed by atoms with Crippen molar-refractivity contribution in [1.29, 1.82) is 0 Å². The Morgan fingerprint density at radius 2 is 1.03 bits per heavy atom. The summed E-state index contributed by atoms with van der Waals surface area (Å²) in [5, 5.41) is 31.2. The second-order valence-corrected chi connectivity index (χ2v) is 16.7. The molecule has 370 valence electrons. The van der Waals surface area contributed by atoms with Crippen LogP contribution in [-0.2, 0) is 42.9 Å². The SMILES string of the molecule is CC/C=C\C/C=C\C/C=C\C/C=C\C/C=C\CC(=O)OCC(COC1OC(C(=O)O)C(O)C(O)C1OC(=O)CCCCCCC/C=C\CCCC)OC(=O)CCCCCCCCCCC. The quantitative estimate of drug-likeness (QED) is 0.0230. The summed E-state index contributed by atoms with van der Waals surface area (Å²) in [5.74, 6) is -3.31. The molecule has 0 aromatic heterocycles. The molecule has 0 bridgehead atoms. The molecule has 1 aliphatic rings. The molecule has 12 heteroatoms. The standard InChI is InChI=1S/C53H86O12/c1-4-7-10-13-16-19-21-22-23-24-26-28-30-33-36-39-45(54)61-42-44(63-46(55)40-37-34-31-27-18-15-12-9-6-3)43-62-53-51(49(58)48(57)50(65-53)52(59)60)64-47(56)41-38-35-32-29-25-20-17-14-11-8-5-2/h7,10,14,16-17,19,22-23,26,28,33,36,44,48-51,53,57-58H,4-6,8-9,11-13,15,18,20-21,24-25,27,29-32,34-35,37-43H2,1-3H3,(H,59,60)/b10-7-,17-14-,19-16-,23-22-,28-26-,36-33-. The number of unbranched alkanes of at least 4 members (excludes halogenated alkanes) is 15. The molecule has 1 saturated heterocycles. The highest BCUT2D eigenvalue weighted by Crippen LogP contribution is 2.26. The molecule has 1 fully saturated rings. The van der Waals surface area contributed by atoms with Gasteiger partial charge < -0.3 is 39.0 Å². The topological polar surface area (TPSA) is 175 Å². The minimum atomic E-state index is -1.91. The molecule has 0 amide bonds. The Bertz CT molecular complexity index is 1410. The number of carboxylic acid groups (broad SMARTS) is 1. The van der Waals surface area contributed by atoms with E-state index in [-0.39, 0.29) is 25.9 Å². The predicted octanol–water partition coefficient (Wildman–Crippen LogP) is 11.4. The van der Waals surface area contributed by atoms with Crippen LogP contribution in [0.2, 0.25) is 0 Å². The predicted molar refractivity (Wildman–Crippen MR) is 257 cm³/mol. The van der Waals surface area contributed by atoms with Crippen molar-refractivity contribution in [3.8, 4) is 0 Å². The van der Waals surface area contributed by atoms with Crippen LogP contribution in [0.1, 0.15) is 188 Å². The molecule has 0 saturated carbocycles. The normalized spacial score (nSPS) is 19.7. The number of esters is 3. The van der Waals surface area contributed by atoms with E-state index in [4.69, 9.17) is 23.7 Å². The second-order valence-electron chi connectivity index (χ2n) is 16.7. The van der Waals surface area contributed by atoms with Crippen molar-refractivity contribution < 1.29 is 58.2 Å². The van der Waals surface area contributed by atoms with Crippen LogP contribution in [0.4, 0.5) is 0 Å². The van der Waals surface area contributed by atoms with Crippen LogP contribution in [0.15, 0.2) is 72.9 Å². The van der Waals surface area contributed by atoms with Gasteiger partial charge in [-0.3, -0.25) is 14.4 Å². The number of allylic oxidation sites excluding steroid dienone is 11. The number of aliphatic hydroxyl groups is 2. The summed E-state index contributed by atoms with van der Waals surface area (Å²) in [4.78, 5) is 50.6. The van der Waals surface area contributed by atoms with Gasteiger partial charge in [0, 0.05) is 12.8 Å². The van der Waals surface area contributed by atoms with Crippen LogP contribution in [-0.4, -0.2) is 89.2 Å². The summed E-state index contributed by atoms with van der Waals surface area (Å²) in [6, 6.07) is 0. The first-order valence-corrected chi connectivity index (χ1v) is 24.9. The van der Waals surface area contributed by atoms with Gasteiger partial charge in [0.05, 0.1) is 13.0 Å². The molecule has 0 aromatic carbocycles. The van der Waals surface area contributed by atoms with E-state index in [0.29, 0.717) is 19.3 Å². The monoisotopic (exact) mass is 915 g/mol. The van der Waals surface area contributed by atoms with Crippen molar-refractivity contribution in [1.82, 2.24) is 0 Å². The van der Waals surface area contributed by atoms with Gasteiger partial charge in [-0.05, 0) is 64.2 Å². The maximum absolute atomic E-state index is 13.0. The molecular weight excluding hydrogens is 829 g/mol. The number of aliphatic hydroxyl groups excluding tert-OH is 2. The van der Waals surface area contributed by atoms with Gasteiger partial charge in [-0.25, -0.2) is 4.79 Å². The highest BCUT2D eigenvalue weighted by molar-refractivity contribution is 5.74. The third kappa shape index (κ3) is 32.5. The van der Waals surface area contributed by atoms with E-state index >= 15 is 0 Å². The van der Waals surface area contributed by atoms with Gasteiger partial charge in [-0.2, -0.15) is 0 Å². The second kappa shape index (κ2) is 41.6. The van der Waals surface area contributed by atoms with Gasteiger partial charge in [0.25, 0.3) is 0 Å². The van der Waals surface area contributed by atoms with Gasteiger partial charge in [0.15, 0.2) is 24.6 Å². The van der Waals surface area contributed by atoms with Crippen molar-refractivity contribution >= 4 is 23.9 Å². The molecule has 1 heterocycles. The molecule has 0 spiro atoms. The molecule has 65 heavy (non-hydrogen) atoms. The summed E-state index contributed by atoms with van der Waals surface area (Å²) >= 11 is 0. The van der Waals surface area contributed by atoms with Crippen LogP contribution in [0.3, 0.4) is 0 Å². The summed E-state index contributed by atoms with van der Waals surface area (Å²) in [6.07, 6.45) is 38.0. The van der Waals surface area contributed by atoms with Crippen molar-refractivity contribution in [2.24, 2.45) is 0 Å². The summed E-state index contributed by atoms with van der Waals surface area (Å²) < 4.78 is 28.0. The molecule has 0 aliphatic carbocycles. The fourth-order valence-corrected chi connectivity index (χ4v) is 6.95. The molecule has 1 aliphatic heterocycles. The third-order valence-corrected chi connectivity index (χ3v) is 10.8. The highest BCUT2D eigenvalue weighted by atomic mass is 16.7. The number of rotatable bonds is 40. The first-order chi connectivity index (χ1) is 31.6. The smallest absolute Gasteiger partial charge is 0.335 e. The van der Waals surface area contributed by atoms with Gasteiger partial charge in [0.1, 0.15) is 18.8 Å². The van der Waals surface area contributed by atoms with E-state index in [2.05, 4.69) is 75.5 Å². The number of carboxylic acids is 1. The van der Waals surface area contributed by atoms with Gasteiger partial charge in [-0.15, -0.1) is 0 Å². The summed E-state index contributed by atoms with van der Waals surface area (Å²) in [5.41, 5.74) is 0. The van der Waals surface area contributed by atoms with Crippen molar-refractivity contribution in [2.45, 2.75) is 225 Å². The van der Waals surface area contributed by atoms with E-state index < -0.39 is 67.3 Å². The number of ether oxygens (including phenoxy) is 5. The molecule has 12 nitrogen and oxygen atoms in total. The number of hydrogen-bond donors (Lipinski definition) is 3. The van der Waals surface area contributed by atoms with E-state index in [1.54, 1.807) is 6.08 Å². The van der Waals surface area contributed by atoms with Crippen LogP contribution < -0.4 is 0 Å². The Hall–Kier alpha value is -3.84.